The molecule has 0 fully saturated rings. The Kier molecular flexibility index (Phi) is 3.67. The third kappa shape index (κ3) is 2.71. The van der Waals surface area contributed by atoms with Crippen molar-refractivity contribution in [3.63, 3.8) is 0 Å². The molecule has 0 radical (unpaired) electrons. The molecule has 1 aromatic carbocycles. The van der Waals surface area contributed by atoms with Crippen molar-refractivity contribution >= 4 is 22.4 Å². The van der Waals surface area contributed by atoms with E-state index in [0.717, 1.165) is 22.4 Å². The number of nitrogens with one attached hydrogen (secondary N) is 1. The maximum Gasteiger partial charge on any atom is 0.126 e. The Bertz CT molecular complexity index is 540. The predicted molar refractivity (Wildman–Crippen MR) is 75.5 cm³/mol. The minimum atomic E-state index is 0.0173. The van der Waals surface area contributed by atoms with Gasteiger partial charge in [-0.3, -0.25) is 0 Å². The zero-order valence-corrected chi connectivity index (χ0v) is 10.7. The number of fused-ring (bicyclic) bond motifs is 1. The average Bonchev–Trinajstić information content (AvgIpc) is 2.35. The van der Waals surface area contributed by atoms with E-state index in [2.05, 4.69) is 24.1 Å². The summed E-state index contributed by atoms with van der Waals surface area (Å²) < 4.78 is 0. The van der Waals surface area contributed by atoms with Crippen LogP contribution in [0.15, 0.2) is 30.3 Å². The van der Waals surface area contributed by atoms with E-state index in [-0.39, 0.29) is 12.6 Å². The number of pyridine rings is 1. The third-order valence-electron chi connectivity index (χ3n) is 3.05. The van der Waals surface area contributed by atoms with Crippen LogP contribution in [0.4, 0.5) is 11.5 Å². The van der Waals surface area contributed by atoms with E-state index >= 15 is 0 Å². The van der Waals surface area contributed by atoms with Gasteiger partial charge >= 0.3 is 0 Å². The lowest BCUT2D eigenvalue weighted by molar-refractivity contribution is 0.249. The second kappa shape index (κ2) is 5.23. The van der Waals surface area contributed by atoms with Crippen molar-refractivity contribution in [2.45, 2.75) is 19.9 Å². The van der Waals surface area contributed by atoms with Gasteiger partial charge in [-0.25, -0.2) is 4.98 Å². The second-order valence-corrected chi connectivity index (χ2v) is 4.83. The summed E-state index contributed by atoms with van der Waals surface area (Å²) in [6.07, 6.45) is 0. The SMILES string of the molecule is CC(C)[C@@H](CO)Nc1ccc2cc(N)ccc2n1. The first-order valence-electron chi connectivity index (χ1n) is 6.14. The molecule has 0 aliphatic rings. The normalized spacial score (nSPS) is 12.9. The highest BCUT2D eigenvalue weighted by molar-refractivity contribution is 5.83. The summed E-state index contributed by atoms with van der Waals surface area (Å²) in [5.74, 6) is 1.12. The summed E-state index contributed by atoms with van der Waals surface area (Å²) in [5, 5.41) is 13.6. The van der Waals surface area contributed by atoms with Crippen molar-refractivity contribution in [3.05, 3.63) is 30.3 Å². The summed E-state index contributed by atoms with van der Waals surface area (Å²) in [4.78, 5) is 4.51. The van der Waals surface area contributed by atoms with Crippen LogP contribution in [0.3, 0.4) is 0 Å². The number of aromatic nitrogens is 1. The maximum atomic E-state index is 9.30. The fourth-order valence-electron chi connectivity index (χ4n) is 1.84. The lowest BCUT2D eigenvalue weighted by Gasteiger charge is -2.20. The van der Waals surface area contributed by atoms with Crippen LogP contribution in [0.1, 0.15) is 13.8 Å². The predicted octanol–water partition coefficient (Wildman–Crippen LogP) is 2.25. The molecule has 0 saturated heterocycles. The Balaban J connectivity index is 2.27. The Morgan fingerprint density at radius 3 is 2.72 bits per heavy atom. The second-order valence-electron chi connectivity index (χ2n) is 4.83. The number of benzene rings is 1. The van der Waals surface area contributed by atoms with Gasteiger partial charge in [-0.2, -0.15) is 0 Å². The molecule has 2 rings (SSSR count). The van der Waals surface area contributed by atoms with E-state index in [1.54, 1.807) is 0 Å². The van der Waals surface area contributed by atoms with Crippen molar-refractivity contribution in [1.82, 2.24) is 4.98 Å². The maximum absolute atomic E-state index is 9.30. The molecule has 0 amide bonds. The Hall–Kier alpha value is -1.81. The summed E-state index contributed by atoms with van der Waals surface area (Å²) in [7, 11) is 0. The van der Waals surface area contributed by atoms with Crippen molar-refractivity contribution in [2.24, 2.45) is 5.92 Å². The molecule has 4 N–H and O–H groups in total. The summed E-state index contributed by atoms with van der Waals surface area (Å²) in [6, 6.07) is 9.55. The lowest BCUT2D eigenvalue weighted by Crippen LogP contribution is -2.29. The quantitative estimate of drug-likeness (QED) is 0.722. The number of aliphatic hydroxyl groups is 1. The molecule has 96 valence electrons. The Morgan fingerprint density at radius 1 is 1.28 bits per heavy atom. The molecular formula is C14H19N3O. The third-order valence-corrected chi connectivity index (χ3v) is 3.05. The van der Waals surface area contributed by atoms with E-state index in [0.29, 0.717) is 5.92 Å². The van der Waals surface area contributed by atoms with Crippen LogP contribution >= 0.6 is 0 Å². The molecule has 0 bridgehead atoms. The first-order valence-corrected chi connectivity index (χ1v) is 6.14. The number of rotatable bonds is 4. The fourth-order valence-corrected chi connectivity index (χ4v) is 1.84. The molecule has 18 heavy (non-hydrogen) atoms. The molecular weight excluding hydrogens is 226 g/mol. The molecule has 1 heterocycles. The van der Waals surface area contributed by atoms with Crippen LogP contribution in [0.5, 0.6) is 0 Å². The summed E-state index contributed by atoms with van der Waals surface area (Å²) in [6.45, 7) is 4.23. The van der Waals surface area contributed by atoms with Crippen LogP contribution in [0.25, 0.3) is 10.9 Å². The highest BCUT2D eigenvalue weighted by Crippen LogP contribution is 2.19. The van der Waals surface area contributed by atoms with Gasteiger partial charge < -0.3 is 16.2 Å². The fraction of sp³-hybridized carbons (Fsp3) is 0.357. The number of aliphatic hydroxyl groups excluding tert-OH is 1. The van der Waals surface area contributed by atoms with E-state index in [9.17, 15) is 5.11 Å². The van der Waals surface area contributed by atoms with Gasteiger partial charge in [-0.05, 0) is 36.2 Å². The van der Waals surface area contributed by atoms with Gasteiger partial charge in [0.05, 0.1) is 18.2 Å². The molecule has 0 aliphatic heterocycles. The molecule has 1 atom stereocenters. The number of nitrogen functional groups attached to an aromatic ring is 1. The van der Waals surface area contributed by atoms with Gasteiger partial charge in [0.15, 0.2) is 0 Å². The van der Waals surface area contributed by atoms with Gasteiger partial charge in [-0.1, -0.05) is 13.8 Å². The number of hydrogen-bond donors (Lipinski definition) is 3. The van der Waals surface area contributed by atoms with Crippen LogP contribution < -0.4 is 11.1 Å². The molecule has 0 aliphatic carbocycles. The van der Waals surface area contributed by atoms with Gasteiger partial charge in [-0.15, -0.1) is 0 Å². The first-order chi connectivity index (χ1) is 8.60. The Morgan fingerprint density at radius 2 is 2.06 bits per heavy atom. The molecule has 0 spiro atoms. The van der Waals surface area contributed by atoms with Crippen LogP contribution in [0.2, 0.25) is 0 Å². The largest absolute Gasteiger partial charge is 0.399 e. The molecule has 2 aromatic rings. The number of nitrogens with two attached hydrogens (primary N) is 1. The van der Waals surface area contributed by atoms with Gasteiger partial charge in [0.1, 0.15) is 5.82 Å². The van der Waals surface area contributed by atoms with Crippen molar-refractivity contribution in [1.29, 1.82) is 0 Å². The zero-order valence-electron chi connectivity index (χ0n) is 10.7. The highest BCUT2D eigenvalue weighted by atomic mass is 16.3. The number of anilines is 2. The zero-order chi connectivity index (χ0) is 13.1. The highest BCUT2D eigenvalue weighted by Gasteiger charge is 2.12. The van der Waals surface area contributed by atoms with Crippen LogP contribution in [0, 0.1) is 5.92 Å². The van der Waals surface area contributed by atoms with Gasteiger partial charge in [0.2, 0.25) is 0 Å². The van der Waals surface area contributed by atoms with E-state index < -0.39 is 0 Å². The topological polar surface area (TPSA) is 71.2 Å². The molecule has 0 unspecified atom stereocenters. The summed E-state index contributed by atoms with van der Waals surface area (Å²) >= 11 is 0. The van der Waals surface area contributed by atoms with Crippen molar-refractivity contribution in [3.8, 4) is 0 Å². The van der Waals surface area contributed by atoms with Crippen LogP contribution in [-0.2, 0) is 0 Å². The standard InChI is InChI=1S/C14H19N3O/c1-9(2)13(8-18)17-14-6-3-10-7-11(15)4-5-12(10)16-14/h3-7,9,13,18H,8,15H2,1-2H3,(H,16,17)/t13-/m1/s1. The minimum absolute atomic E-state index is 0.0173. The lowest BCUT2D eigenvalue weighted by atomic mass is 10.1. The van der Waals surface area contributed by atoms with Crippen LogP contribution in [-0.4, -0.2) is 22.7 Å². The number of hydrogen-bond acceptors (Lipinski definition) is 4. The molecule has 0 saturated carbocycles. The average molecular weight is 245 g/mol. The van der Waals surface area contributed by atoms with E-state index in [1.807, 2.05) is 30.3 Å². The van der Waals surface area contributed by atoms with Gasteiger partial charge in [0, 0.05) is 11.1 Å². The van der Waals surface area contributed by atoms with E-state index in [4.69, 9.17) is 5.73 Å². The number of nitrogens with zero attached hydrogens (tertiary/aromatic N) is 1. The van der Waals surface area contributed by atoms with Crippen molar-refractivity contribution in [2.75, 3.05) is 17.7 Å². The first kappa shape index (κ1) is 12.6. The molecule has 1 aromatic heterocycles. The molecule has 4 heteroatoms. The summed E-state index contributed by atoms with van der Waals surface area (Å²) in [5.41, 5.74) is 7.36. The minimum Gasteiger partial charge on any atom is -0.399 e. The smallest absolute Gasteiger partial charge is 0.126 e. The Labute approximate surface area is 107 Å². The van der Waals surface area contributed by atoms with Crippen molar-refractivity contribution < 1.29 is 5.11 Å². The monoisotopic (exact) mass is 245 g/mol. The van der Waals surface area contributed by atoms with Gasteiger partial charge in [0.25, 0.3) is 0 Å². The molecule has 4 nitrogen and oxygen atoms in total. The van der Waals surface area contributed by atoms with E-state index in [1.165, 1.54) is 0 Å².